The van der Waals surface area contributed by atoms with Crippen LogP contribution in [0, 0.1) is 11.8 Å². The van der Waals surface area contributed by atoms with Crippen molar-refractivity contribution < 1.29 is 28.6 Å². The van der Waals surface area contributed by atoms with E-state index in [4.69, 9.17) is 14.2 Å². The summed E-state index contributed by atoms with van der Waals surface area (Å²) in [6.07, 6.45) is -0.857. The summed E-state index contributed by atoms with van der Waals surface area (Å²) >= 11 is 0. The predicted molar refractivity (Wildman–Crippen MR) is 85.0 cm³/mol. The quantitative estimate of drug-likeness (QED) is 0.403. The van der Waals surface area contributed by atoms with Crippen molar-refractivity contribution >= 4 is 18.2 Å². The number of hydrogen-bond donors (Lipinski definition) is 1. The minimum absolute atomic E-state index is 0.0952. The lowest BCUT2D eigenvalue weighted by molar-refractivity contribution is -0.155. The van der Waals surface area contributed by atoms with Gasteiger partial charge in [-0.1, -0.05) is 5.92 Å². The van der Waals surface area contributed by atoms with Crippen molar-refractivity contribution in [2.24, 2.45) is 0 Å². The average Bonchev–Trinajstić information content (AvgIpc) is 2.94. The minimum atomic E-state index is -0.888. The van der Waals surface area contributed by atoms with Crippen LogP contribution in [-0.4, -0.2) is 46.6 Å². The zero-order valence-corrected chi connectivity index (χ0v) is 14.0. The van der Waals surface area contributed by atoms with Crippen molar-refractivity contribution in [2.75, 3.05) is 6.61 Å². The van der Waals surface area contributed by atoms with Gasteiger partial charge in [0.2, 0.25) is 0 Å². The van der Waals surface area contributed by atoms with Crippen LogP contribution in [0.3, 0.4) is 0 Å². The molecule has 26 heavy (non-hydrogen) atoms. The highest BCUT2D eigenvalue weighted by Crippen LogP contribution is 2.30. The second-order valence-electron chi connectivity index (χ2n) is 5.41. The van der Waals surface area contributed by atoms with Gasteiger partial charge in [-0.3, -0.25) is 28.7 Å². The highest BCUT2D eigenvalue weighted by molar-refractivity contribution is 5.73. The first kappa shape index (κ1) is 19.1. The fourth-order valence-corrected chi connectivity index (χ4v) is 2.45. The molecule has 0 spiro atoms. The number of ether oxygens (including phenoxy) is 3. The molecule has 10 nitrogen and oxygen atoms in total. The second kappa shape index (κ2) is 8.26. The number of carbonyl (C=O) groups is 3. The Labute approximate surface area is 147 Å². The maximum absolute atomic E-state index is 12.1. The number of hydrogen-bond acceptors (Lipinski definition) is 8. The van der Waals surface area contributed by atoms with Crippen molar-refractivity contribution in [1.29, 1.82) is 0 Å². The molecule has 138 valence electrons. The maximum Gasteiger partial charge on any atom is 0.330 e. The van der Waals surface area contributed by atoms with Gasteiger partial charge >= 0.3 is 17.6 Å². The standard InChI is InChI=1S/C16H16N2O8/c1-9(20)24-8-13-12(25-10(2)21)6-14(26-13)18-7-11(4-3-5-19)15(22)17-16(18)23/h5,7,12-14H,6,8H2,1-2H3,(H,17,22,23)/t12-,13+,14+/m0/s1. The molecule has 1 N–H and O–H groups in total. The number of aromatic amines is 1. The minimum Gasteiger partial charge on any atom is -0.463 e. The van der Waals surface area contributed by atoms with E-state index in [2.05, 4.69) is 16.8 Å². The van der Waals surface area contributed by atoms with Crippen molar-refractivity contribution in [3.05, 3.63) is 32.6 Å². The van der Waals surface area contributed by atoms with Gasteiger partial charge in [0.1, 0.15) is 30.6 Å². The summed E-state index contributed by atoms with van der Waals surface area (Å²) in [4.78, 5) is 58.5. The number of rotatable bonds is 4. The topological polar surface area (TPSA) is 134 Å². The first-order valence-corrected chi connectivity index (χ1v) is 7.58. The van der Waals surface area contributed by atoms with Crippen LogP contribution >= 0.6 is 0 Å². The molecule has 1 saturated heterocycles. The van der Waals surface area contributed by atoms with Gasteiger partial charge in [0.25, 0.3) is 5.56 Å². The van der Waals surface area contributed by atoms with Crippen molar-refractivity contribution in [3.8, 4) is 11.8 Å². The van der Waals surface area contributed by atoms with Crippen LogP contribution in [0.1, 0.15) is 32.1 Å². The molecule has 1 fully saturated rings. The molecule has 1 aromatic heterocycles. The summed E-state index contributed by atoms with van der Waals surface area (Å²) in [6.45, 7) is 2.27. The van der Waals surface area contributed by atoms with Gasteiger partial charge in [0.15, 0.2) is 6.29 Å². The molecule has 10 heteroatoms. The third-order valence-corrected chi connectivity index (χ3v) is 3.49. The Balaban J connectivity index is 2.31. The molecule has 0 saturated carbocycles. The number of carbonyl (C=O) groups excluding carboxylic acids is 3. The molecule has 0 amide bonds. The summed E-state index contributed by atoms with van der Waals surface area (Å²) in [5.41, 5.74) is -1.61. The lowest BCUT2D eigenvalue weighted by atomic mass is 10.2. The summed E-state index contributed by atoms with van der Waals surface area (Å²) in [5, 5.41) is 0. The Bertz CT molecular complexity index is 888. The van der Waals surface area contributed by atoms with E-state index in [1.807, 2.05) is 0 Å². The zero-order chi connectivity index (χ0) is 19.3. The summed E-state index contributed by atoms with van der Waals surface area (Å²) in [5.74, 6) is 3.31. The molecule has 2 rings (SSSR count). The first-order valence-electron chi connectivity index (χ1n) is 7.58. The third-order valence-electron chi connectivity index (χ3n) is 3.49. The first-order chi connectivity index (χ1) is 12.3. The smallest absolute Gasteiger partial charge is 0.330 e. The van der Waals surface area contributed by atoms with Crippen LogP contribution in [0.25, 0.3) is 0 Å². The van der Waals surface area contributed by atoms with Gasteiger partial charge in [-0.2, -0.15) is 0 Å². The van der Waals surface area contributed by atoms with Crippen LogP contribution in [0.2, 0.25) is 0 Å². The van der Waals surface area contributed by atoms with E-state index in [1.165, 1.54) is 13.8 Å². The van der Waals surface area contributed by atoms with Crippen LogP contribution < -0.4 is 11.2 Å². The van der Waals surface area contributed by atoms with E-state index in [-0.39, 0.29) is 18.6 Å². The number of esters is 2. The van der Waals surface area contributed by atoms with Crippen molar-refractivity contribution in [2.45, 2.75) is 38.7 Å². The van der Waals surface area contributed by atoms with Crippen LogP contribution in [0.4, 0.5) is 0 Å². The molecule has 0 aromatic carbocycles. The van der Waals surface area contributed by atoms with E-state index in [1.54, 1.807) is 0 Å². The second-order valence-corrected chi connectivity index (χ2v) is 5.41. The molecule has 1 aromatic rings. The van der Waals surface area contributed by atoms with Gasteiger partial charge in [0, 0.05) is 26.5 Å². The number of H-pyrrole nitrogens is 1. The van der Waals surface area contributed by atoms with E-state index in [0.717, 1.165) is 10.8 Å². The fraction of sp³-hybridized carbons (Fsp3) is 0.438. The van der Waals surface area contributed by atoms with Crippen molar-refractivity contribution in [3.63, 3.8) is 0 Å². The lowest BCUT2D eigenvalue weighted by Crippen LogP contribution is -2.34. The Morgan fingerprint density at radius 2 is 2.12 bits per heavy atom. The summed E-state index contributed by atoms with van der Waals surface area (Å²) in [6, 6.07) is 0. The van der Waals surface area contributed by atoms with Gasteiger partial charge < -0.3 is 14.2 Å². The summed E-state index contributed by atoms with van der Waals surface area (Å²) in [7, 11) is 0. The van der Waals surface area contributed by atoms with E-state index in [0.29, 0.717) is 6.29 Å². The monoisotopic (exact) mass is 364 g/mol. The number of aldehydes is 1. The molecular formula is C16H16N2O8. The number of aromatic nitrogens is 2. The predicted octanol–water partition coefficient (Wildman–Crippen LogP) is -1.13. The Morgan fingerprint density at radius 3 is 2.73 bits per heavy atom. The van der Waals surface area contributed by atoms with E-state index < -0.39 is 41.6 Å². The lowest BCUT2D eigenvalue weighted by Gasteiger charge is -2.17. The zero-order valence-electron chi connectivity index (χ0n) is 14.0. The summed E-state index contributed by atoms with van der Waals surface area (Å²) < 4.78 is 16.8. The SMILES string of the molecule is CC(=O)OC[C@H]1O[C@@H](n2cc(C#CC=O)c(=O)[nH]c2=O)C[C@@H]1OC(C)=O. The van der Waals surface area contributed by atoms with Gasteiger partial charge in [-0.25, -0.2) is 4.79 Å². The molecule has 3 atom stereocenters. The third kappa shape index (κ3) is 4.67. The molecular weight excluding hydrogens is 348 g/mol. The maximum atomic E-state index is 12.1. The van der Waals surface area contributed by atoms with Gasteiger partial charge in [-0.15, -0.1) is 0 Å². The molecule has 0 aliphatic carbocycles. The normalized spacial score (nSPS) is 21.4. The number of nitrogens with one attached hydrogen (secondary N) is 1. The van der Waals surface area contributed by atoms with E-state index >= 15 is 0 Å². The Kier molecular flexibility index (Phi) is 6.08. The molecule has 0 radical (unpaired) electrons. The van der Waals surface area contributed by atoms with Crippen LogP contribution in [0.15, 0.2) is 15.8 Å². The fourth-order valence-electron chi connectivity index (χ4n) is 2.45. The van der Waals surface area contributed by atoms with E-state index in [9.17, 15) is 24.0 Å². The molecule has 2 heterocycles. The largest absolute Gasteiger partial charge is 0.463 e. The van der Waals surface area contributed by atoms with Crippen LogP contribution in [-0.2, 0) is 28.6 Å². The van der Waals surface area contributed by atoms with Crippen molar-refractivity contribution in [1.82, 2.24) is 9.55 Å². The highest BCUT2D eigenvalue weighted by Gasteiger charge is 2.39. The Hall–Kier alpha value is -3.19. The Morgan fingerprint density at radius 1 is 1.38 bits per heavy atom. The van der Waals surface area contributed by atoms with Crippen LogP contribution in [0.5, 0.6) is 0 Å². The average molecular weight is 364 g/mol. The molecule has 0 bridgehead atoms. The van der Waals surface area contributed by atoms with Gasteiger partial charge in [0.05, 0.1) is 0 Å². The molecule has 1 aliphatic heterocycles. The highest BCUT2D eigenvalue weighted by atomic mass is 16.6. The number of nitrogens with zero attached hydrogens (tertiary/aromatic N) is 1. The molecule has 1 aliphatic rings. The van der Waals surface area contributed by atoms with Gasteiger partial charge in [-0.05, 0) is 5.92 Å². The molecule has 0 unspecified atom stereocenters.